The van der Waals surface area contributed by atoms with Crippen molar-refractivity contribution in [3.05, 3.63) is 60.8 Å². The predicted octanol–water partition coefficient (Wildman–Crippen LogP) is 12.5. The molecule has 0 aromatic heterocycles. The number of hydrogen-bond donors (Lipinski definition) is 1. The lowest BCUT2D eigenvalue weighted by atomic mass is 10.1. The zero-order chi connectivity index (χ0) is 41.4. The van der Waals surface area contributed by atoms with Crippen molar-refractivity contribution in [2.75, 3.05) is 47.5 Å². The van der Waals surface area contributed by atoms with E-state index in [4.69, 9.17) is 18.5 Å². The number of rotatable bonds is 39. The quantitative estimate of drug-likeness (QED) is 0.0215. The third-order valence-corrected chi connectivity index (χ3v) is 10.0. The summed E-state index contributed by atoms with van der Waals surface area (Å²) in [6, 6.07) is 0. The Balaban J connectivity index is 4.49. The number of nitrogens with zero attached hydrogens (tertiary/aromatic N) is 1. The normalized spacial score (nSPS) is 14.2. The van der Waals surface area contributed by atoms with E-state index in [0.717, 1.165) is 44.9 Å². The van der Waals surface area contributed by atoms with Gasteiger partial charge in [-0.3, -0.25) is 18.6 Å². The van der Waals surface area contributed by atoms with Gasteiger partial charge in [0.2, 0.25) is 0 Å². The van der Waals surface area contributed by atoms with Crippen molar-refractivity contribution >= 4 is 19.8 Å². The van der Waals surface area contributed by atoms with Crippen LogP contribution in [0.4, 0.5) is 0 Å². The van der Waals surface area contributed by atoms with Crippen LogP contribution in [0.2, 0.25) is 0 Å². The third kappa shape index (κ3) is 41.3. The van der Waals surface area contributed by atoms with Gasteiger partial charge < -0.3 is 18.9 Å². The van der Waals surface area contributed by atoms with Gasteiger partial charge in [-0.2, -0.15) is 0 Å². The number of ether oxygens (including phenoxy) is 2. The summed E-state index contributed by atoms with van der Waals surface area (Å²) in [7, 11) is 1.43. The Morgan fingerprint density at radius 1 is 0.554 bits per heavy atom. The molecular weight excluding hydrogens is 725 g/mol. The number of esters is 2. The highest BCUT2D eigenvalue weighted by atomic mass is 31.2. The number of phosphoric acid groups is 1. The van der Waals surface area contributed by atoms with Crippen molar-refractivity contribution in [1.29, 1.82) is 0 Å². The Labute approximate surface area is 343 Å². The molecule has 0 aliphatic carbocycles. The molecule has 0 spiro atoms. The van der Waals surface area contributed by atoms with Crippen molar-refractivity contribution in [3.8, 4) is 0 Å². The Morgan fingerprint density at radius 2 is 0.982 bits per heavy atom. The van der Waals surface area contributed by atoms with Crippen LogP contribution in [0.1, 0.15) is 168 Å². The molecule has 0 fully saturated rings. The summed E-state index contributed by atoms with van der Waals surface area (Å²) in [5.74, 6) is -0.893. The minimum Gasteiger partial charge on any atom is -0.462 e. The molecule has 1 unspecified atom stereocenters. The molecule has 9 nitrogen and oxygen atoms in total. The molecule has 10 heteroatoms. The van der Waals surface area contributed by atoms with Gasteiger partial charge in [-0.05, 0) is 77.0 Å². The molecule has 0 radical (unpaired) electrons. The fraction of sp³-hybridized carbons (Fsp3) is 0.739. The summed E-state index contributed by atoms with van der Waals surface area (Å²) in [5.41, 5.74) is 0. The molecule has 0 aromatic rings. The molecule has 0 rings (SSSR count). The summed E-state index contributed by atoms with van der Waals surface area (Å²) in [4.78, 5) is 35.3. The summed E-state index contributed by atoms with van der Waals surface area (Å²) in [6.45, 7) is 4.29. The molecule has 0 bridgehead atoms. The second kappa shape index (κ2) is 38.2. The van der Waals surface area contributed by atoms with Crippen LogP contribution < -0.4 is 0 Å². The molecule has 2 atom stereocenters. The van der Waals surface area contributed by atoms with Crippen LogP contribution in [0.15, 0.2) is 60.8 Å². The third-order valence-electron chi connectivity index (χ3n) is 9.02. The number of unbranched alkanes of at least 4 members (excludes halogenated alkanes) is 15. The second-order valence-corrected chi connectivity index (χ2v) is 17.2. The van der Waals surface area contributed by atoms with E-state index >= 15 is 0 Å². The van der Waals surface area contributed by atoms with Crippen LogP contribution in [0.25, 0.3) is 0 Å². The first-order valence-electron chi connectivity index (χ1n) is 22.0. The van der Waals surface area contributed by atoms with E-state index in [9.17, 15) is 19.0 Å². The summed E-state index contributed by atoms with van der Waals surface area (Å²) in [6.07, 6.45) is 45.6. The van der Waals surface area contributed by atoms with Crippen molar-refractivity contribution in [2.24, 2.45) is 0 Å². The van der Waals surface area contributed by atoms with E-state index in [0.29, 0.717) is 23.9 Å². The van der Waals surface area contributed by atoms with E-state index in [1.165, 1.54) is 83.5 Å². The first-order chi connectivity index (χ1) is 27.0. The van der Waals surface area contributed by atoms with Crippen LogP contribution >= 0.6 is 7.82 Å². The highest BCUT2D eigenvalue weighted by molar-refractivity contribution is 7.47. The zero-order valence-corrected chi connectivity index (χ0v) is 37.2. The van der Waals surface area contributed by atoms with Gasteiger partial charge in [0.1, 0.15) is 19.8 Å². The SMILES string of the molecule is CCCCC/C=C/C/C=C/C/C=C/C/C=C/CCCC(=O)OC[C@H](COP(=O)(O)OCC[N+](C)(C)C)OC(=O)CCCC/C=C/CCCCCCCCCCC. The van der Waals surface area contributed by atoms with Crippen molar-refractivity contribution < 1.29 is 42.1 Å². The van der Waals surface area contributed by atoms with Crippen molar-refractivity contribution in [3.63, 3.8) is 0 Å². The molecule has 0 heterocycles. The number of hydrogen-bond acceptors (Lipinski definition) is 7. The van der Waals surface area contributed by atoms with Crippen LogP contribution in [0.3, 0.4) is 0 Å². The van der Waals surface area contributed by atoms with Gasteiger partial charge in [-0.25, -0.2) is 4.57 Å². The molecule has 0 saturated heterocycles. The largest absolute Gasteiger partial charge is 0.472 e. The number of likely N-dealkylation sites (N-methyl/N-ethyl adjacent to an activating group) is 1. The van der Waals surface area contributed by atoms with Gasteiger partial charge >= 0.3 is 19.8 Å². The molecule has 56 heavy (non-hydrogen) atoms. The van der Waals surface area contributed by atoms with E-state index in [1.807, 2.05) is 21.1 Å². The average molecular weight is 809 g/mol. The first-order valence-corrected chi connectivity index (χ1v) is 23.5. The average Bonchev–Trinajstić information content (AvgIpc) is 3.15. The molecule has 324 valence electrons. The lowest BCUT2D eigenvalue weighted by molar-refractivity contribution is -0.870. The molecule has 0 aromatic carbocycles. The van der Waals surface area contributed by atoms with E-state index < -0.39 is 32.5 Å². The standard InChI is InChI=1S/C46H82NO8P/c1-6-8-10-12-14-16-18-20-22-23-25-26-28-30-32-34-36-38-45(48)52-42-44(43-54-56(50,51)53-41-40-47(3,4)5)55-46(49)39-37-35-33-31-29-27-24-21-19-17-15-13-11-9-7-2/h14,16,20,22,25-26,29-32,44H,6-13,15,17-19,21,23-24,27-28,33-43H2,1-5H3/p+1/b16-14+,22-20+,26-25+,31-29+,32-30+/t44-/m1/s1. The van der Waals surface area contributed by atoms with E-state index in [-0.39, 0.29) is 26.1 Å². The van der Waals surface area contributed by atoms with Gasteiger partial charge in [0, 0.05) is 12.8 Å². The molecular formula is C46H83NO8P+. The smallest absolute Gasteiger partial charge is 0.462 e. The summed E-state index contributed by atoms with van der Waals surface area (Å²) >= 11 is 0. The number of quaternary nitrogens is 1. The van der Waals surface area contributed by atoms with Crippen LogP contribution in [0.5, 0.6) is 0 Å². The lowest BCUT2D eigenvalue weighted by Gasteiger charge is -2.24. The maximum Gasteiger partial charge on any atom is 0.472 e. The zero-order valence-electron chi connectivity index (χ0n) is 36.3. The Morgan fingerprint density at radius 3 is 1.54 bits per heavy atom. The Kier molecular flexibility index (Phi) is 36.7. The van der Waals surface area contributed by atoms with Crippen LogP contribution in [0, 0.1) is 0 Å². The van der Waals surface area contributed by atoms with Gasteiger partial charge in [0.25, 0.3) is 0 Å². The topological polar surface area (TPSA) is 108 Å². The fourth-order valence-corrected chi connectivity index (χ4v) is 6.27. The number of carbonyl (C=O) groups is 2. The van der Waals surface area contributed by atoms with Gasteiger partial charge in [-0.1, -0.05) is 139 Å². The highest BCUT2D eigenvalue weighted by Gasteiger charge is 2.27. The van der Waals surface area contributed by atoms with Crippen molar-refractivity contribution in [1.82, 2.24) is 0 Å². The molecule has 1 N–H and O–H groups in total. The van der Waals surface area contributed by atoms with Gasteiger partial charge in [0.05, 0.1) is 27.7 Å². The number of phosphoric ester groups is 1. The maximum absolute atomic E-state index is 12.7. The maximum atomic E-state index is 12.7. The van der Waals surface area contributed by atoms with E-state index in [1.54, 1.807) is 0 Å². The number of allylic oxidation sites excluding steroid dienone is 10. The molecule has 0 aliphatic heterocycles. The monoisotopic (exact) mass is 809 g/mol. The molecule has 0 aliphatic rings. The summed E-state index contributed by atoms with van der Waals surface area (Å²) in [5, 5.41) is 0. The van der Waals surface area contributed by atoms with E-state index in [2.05, 4.69) is 74.6 Å². The Bertz CT molecular complexity index is 1140. The lowest BCUT2D eigenvalue weighted by Crippen LogP contribution is -2.37. The summed E-state index contributed by atoms with van der Waals surface area (Å²) < 4.78 is 34.2. The molecule has 0 amide bonds. The minimum atomic E-state index is -4.39. The molecule has 0 saturated carbocycles. The highest BCUT2D eigenvalue weighted by Crippen LogP contribution is 2.43. The van der Waals surface area contributed by atoms with Gasteiger partial charge in [-0.15, -0.1) is 0 Å². The Hall–Kier alpha value is -2.29. The number of carbonyl (C=O) groups excluding carboxylic acids is 2. The van der Waals surface area contributed by atoms with Crippen LogP contribution in [-0.2, 0) is 32.7 Å². The second-order valence-electron chi connectivity index (χ2n) is 15.7. The van der Waals surface area contributed by atoms with Crippen molar-refractivity contribution in [2.45, 2.75) is 174 Å². The van der Waals surface area contributed by atoms with Crippen LogP contribution in [-0.4, -0.2) is 74.9 Å². The van der Waals surface area contributed by atoms with Gasteiger partial charge in [0.15, 0.2) is 6.10 Å². The first kappa shape index (κ1) is 53.7. The fourth-order valence-electron chi connectivity index (χ4n) is 5.53. The predicted molar refractivity (Wildman–Crippen MR) is 233 cm³/mol. The minimum absolute atomic E-state index is 0.0177.